The Balaban J connectivity index is 1.62. The first-order valence-corrected chi connectivity index (χ1v) is 9.86. The van der Waals surface area contributed by atoms with Gasteiger partial charge in [-0.05, 0) is 17.7 Å². The Morgan fingerprint density at radius 1 is 1.32 bits per heavy atom. The molecule has 0 bridgehead atoms. The molecule has 162 valence electrons. The molecule has 0 aliphatic rings. The third-order valence-corrected chi connectivity index (χ3v) is 5.04. The Hall–Kier alpha value is -3.37. The minimum Gasteiger partial charge on any atom is -0.377 e. The first-order valence-electron chi connectivity index (χ1n) is 9.10. The van der Waals surface area contributed by atoms with Gasteiger partial charge in [0.25, 0.3) is 11.5 Å². The van der Waals surface area contributed by atoms with Gasteiger partial charge >= 0.3 is 0 Å². The van der Waals surface area contributed by atoms with Gasteiger partial charge in [0.15, 0.2) is 0 Å². The topological polar surface area (TPSA) is 140 Å². The summed E-state index contributed by atoms with van der Waals surface area (Å²) < 4.78 is 4.67. The van der Waals surface area contributed by atoms with Gasteiger partial charge in [-0.1, -0.05) is 34.4 Å². The second-order valence-corrected chi connectivity index (χ2v) is 7.30. The molecule has 2 heterocycles. The van der Waals surface area contributed by atoms with E-state index in [1.165, 1.54) is 17.4 Å². The van der Waals surface area contributed by atoms with Gasteiger partial charge in [0.05, 0.1) is 21.8 Å². The lowest BCUT2D eigenvalue weighted by Gasteiger charge is -2.17. The fourth-order valence-corrected chi connectivity index (χ4v) is 2.99. The number of benzene rings is 1. The molecule has 0 atom stereocenters. The van der Waals surface area contributed by atoms with Crippen LogP contribution in [0, 0.1) is 5.41 Å². The predicted octanol–water partition coefficient (Wildman–Crippen LogP) is 2.86. The molecule has 4 N–H and O–H groups in total. The molecule has 31 heavy (non-hydrogen) atoms. The lowest BCUT2D eigenvalue weighted by Crippen LogP contribution is -2.32. The average molecular weight is 464 g/mol. The van der Waals surface area contributed by atoms with Crippen molar-refractivity contribution in [2.45, 2.75) is 6.54 Å². The number of carbonyl (C=O) groups excluding carboxylic acids is 1. The lowest BCUT2D eigenvalue weighted by atomic mass is 10.2. The van der Waals surface area contributed by atoms with Crippen molar-refractivity contribution in [1.82, 2.24) is 20.0 Å². The minimum atomic E-state index is -0.446. The smallest absolute Gasteiger partial charge is 0.276 e. The highest BCUT2D eigenvalue weighted by molar-refractivity contribution is 6.42. The summed E-state index contributed by atoms with van der Waals surface area (Å²) in [6.45, 7) is 0.924. The van der Waals surface area contributed by atoms with Gasteiger partial charge < -0.3 is 25.5 Å². The Morgan fingerprint density at radius 3 is 2.81 bits per heavy atom. The van der Waals surface area contributed by atoms with Crippen LogP contribution >= 0.6 is 23.2 Å². The molecule has 3 rings (SSSR count). The summed E-state index contributed by atoms with van der Waals surface area (Å²) >= 11 is 11.9. The van der Waals surface area contributed by atoms with Crippen molar-refractivity contribution in [3.63, 3.8) is 0 Å². The van der Waals surface area contributed by atoms with Gasteiger partial charge in [-0.3, -0.25) is 14.6 Å². The van der Waals surface area contributed by atoms with E-state index in [-0.39, 0.29) is 29.8 Å². The maximum Gasteiger partial charge on any atom is 0.276 e. The first kappa shape index (κ1) is 22.3. The molecule has 3 aromatic rings. The largest absolute Gasteiger partial charge is 0.377 e. The van der Waals surface area contributed by atoms with Crippen LogP contribution in [0.15, 0.2) is 40.0 Å². The van der Waals surface area contributed by atoms with E-state index in [2.05, 4.69) is 30.3 Å². The van der Waals surface area contributed by atoms with Crippen molar-refractivity contribution in [2.75, 3.05) is 30.8 Å². The number of rotatable bonds is 9. The molecule has 12 heteroatoms. The molecule has 0 radical (unpaired) electrons. The Morgan fingerprint density at radius 2 is 2.13 bits per heavy atom. The summed E-state index contributed by atoms with van der Waals surface area (Å²) in [6.07, 6.45) is 3.57. The molecule has 0 saturated carbocycles. The fraction of sp³-hybridized carbons (Fsp3) is 0.211. The van der Waals surface area contributed by atoms with Gasteiger partial charge in [0.1, 0.15) is 17.6 Å². The number of likely N-dealkylation sites (N-methyl/N-ethyl adjacent to an activating group) is 1. The molecule has 0 aliphatic heterocycles. The average Bonchev–Trinajstić information content (AvgIpc) is 3.29. The standard InChI is InChI=1S/C19H19Cl2N7O3/c1-28(18(30)12-9-25-31-10-12)5-4-23-16-15(7-22)26-19(27-17(16)29)24-8-11-2-3-13(20)14(21)6-11/h2-3,6-7,9-10,22-23H,4-5,8H2,1H3,(H2,24,26,27,29). The van der Waals surface area contributed by atoms with Crippen LogP contribution in [0.1, 0.15) is 21.6 Å². The Bertz CT molecular complexity index is 1130. The van der Waals surface area contributed by atoms with Crippen molar-refractivity contribution in [1.29, 1.82) is 5.41 Å². The number of amides is 1. The number of aromatic nitrogens is 3. The molecule has 0 aliphatic carbocycles. The monoisotopic (exact) mass is 463 g/mol. The summed E-state index contributed by atoms with van der Waals surface area (Å²) in [7, 11) is 1.62. The number of carbonyl (C=O) groups is 1. The maximum atomic E-state index is 12.5. The van der Waals surface area contributed by atoms with E-state index in [4.69, 9.17) is 28.6 Å². The zero-order chi connectivity index (χ0) is 22.4. The number of hydrogen-bond donors (Lipinski definition) is 4. The van der Waals surface area contributed by atoms with Gasteiger partial charge in [-0.2, -0.15) is 0 Å². The van der Waals surface area contributed by atoms with E-state index in [0.29, 0.717) is 28.7 Å². The molecule has 0 spiro atoms. The Kier molecular flexibility index (Phi) is 7.27. The molecule has 10 nitrogen and oxygen atoms in total. The van der Waals surface area contributed by atoms with Gasteiger partial charge in [-0.15, -0.1) is 0 Å². The zero-order valence-corrected chi connectivity index (χ0v) is 17.9. The van der Waals surface area contributed by atoms with Crippen molar-refractivity contribution >= 4 is 47.0 Å². The van der Waals surface area contributed by atoms with E-state index in [0.717, 1.165) is 11.8 Å². The second kappa shape index (κ2) is 10.1. The Labute approximate surface area is 187 Å². The van der Waals surface area contributed by atoms with Crippen LogP contribution in [0.3, 0.4) is 0 Å². The minimum absolute atomic E-state index is 0.140. The molecule has 0 saturated heterocycles. The highest BCUT2D eigenvalue weighted by Gasteiger charge is 2.14. The predicted molar refractivity (Wildman–Crippen MR) is 118 cm³/mol. The van der Waals surface area contributed by atoms with E-state index >= 15 is 0 Å². The summed E-state index contributed by atoms with van der Waals surface area (Å²) in [6, 6.07) is 5.18. The number of halogens is 2. The highest BCUT2D eigenvalue weighted by Crippen LogP contribution is 2.22. The van der Waals surface area contributed by atoms with E-state index in [1.54, 1.807) is 25.2 Å². The zero-order valence-electron chi connectivity index (χ0n) is 16.4. The number of hydrogen-bond acceptors (Lipinski definition) is 8. The highest BCUT2D eigenvalue weighted by atomic mass is 35.5. The molecular formula is C19H19Cl2N7O3. The molecule has 0 unspecified atom stereocenters. The van der Waals surface area contributed by atoms with Gasteiger partial charge in [0, 0.05) is 32.9 Å². The van der Waals surface area contributed by atoms with Gasteiger partial charge in [-0.25, -0.2) is 4.98 Å². The van der Waals surface area contributed by atoms with Gasteiger partial charge in [0.2, 0.25) is 5.95 Å². The van der Waals surface area contributed by atoms with Crippen LogP contribution in [-0.4, -0.2) is 52.3 Å². The quantitative estimate of drug-likeness (QED) is 0.357. The number of H-pyrrole nitrogens is 1. The number of nitrogens with one attached hydrogen (secondary N) is 4. The van der Waals surface area contributed by atoms with Crippen molar-refractivity contribution < 1.29 is 9.32 Å². The van der Waals surface area contributed by atoms with E-state index in [1.807, 2.05) is 0 Å². The van der Waals surface area contributed by atoms with E-state index in [9.17, 15) is 9.59 Å². The summed E-state index contributed by atoms with van der Waals surface area (Å²) in [4.78, 5) is 33.0. The summed E-state index contributed by atoms with van der Waals surface area (Å²) in [5.74, 6) is -0.0518. The van der Waals surface area contributed by atoms with Crippen LogP contribution in [0.25, 0.3) is 0 Å². The molecule has 2 aromatic heterocycles. The summed E-state index contributed by atoms with van der Waals surface area (Å²) in [5.41, 5.74) is 1.03. The number of aromatic amines is 1. The molecule has 1 amide bonds. The van der Waals surface area contributed by atoms with Crippen molar-refractivity contribution in [3.05, 3.63) is 67.9 Å². The SMILES string of the molecule is CN(CCNc1c(C=N)nc(NCc2ccc(Cl)c(Cl)c2)[nH]c1=O)C(=O)c1cnoc1. The fourth-order valence-electron chi connectivity index (χ4n) is 2.67. The normalized spacial score (nSPS) is 10.5. The third-order valence-electron chi connectivity index (χ3n) is 4.30. The van der Waals surface area contributed by atoms with Crippen LogP contribution in [0.5, 0.6) is 0 Å². The molecule has 1 aromatic carbocycles. The first-order chi connectivity index (χ1) is 14.9. The second-order valence-electron chi connectivity index (χ2n) is 6.49. The molecule has 0 fully saturated rings. The molecular weight excluding hydrogens is 445 g/mol. The van der Waals surface area contributed by atoms with Crippen molar-refractivity contribution in [2.24, 2.45) is 0 Å². The van der Waals surface area contributed by atoms with E-state index < -0.39 is 5.56 Å². The maximum absolute atomic E-state index is 12.5. The van der Waals surface area contributed by atoms with Crippen LogP contribution in [0.4, 0.5) is 11.6 Å². The lowest BCUT2D eigenvalue weighted by molar-refractivity contribution is 0.0799. The van der Waals surface area contributed by atoms with Crippen molar-refractivity contribution in [3.8, 4) is 0 Å². The summed E-state index contributed by atoms with van der Waals surface area (Å²) in [5, 5.41) is 17.9. The van der Waals surface area contributed by atoms with Crippen LogP contribution < -0.4 is 16.2 Å². The third kappa shape index (κ3) is 5.62. The number of nitrogens with zero attached hydrogens (tertiary/aromatic N) is 3. The van der Waals surface area contributed by atoms with Crippen LogP contribution in [0.2, 0.25) is 10.0 Å². The number of anilines is 2. The van der Waals surface area contributed by atoms with Crippen LogP contribution in [-0.2, 0) is 6.54 Å².